The molecule has 8 heteroatoms. The topological polar surface area (TPSA) is 74.8 Å². The van der Waals surface area contributed by atoms with Crippen LogP contribution in [0.2, 0.25) is 0 Å². The van der Waals surface area contributed by atoms with Crippen LogP contribution in [0, 0.1) is 0 Å². The summed E-state index contributed by atoms with van der Waals surface area (Å²) < 4.78 is 54.1. The van der Waals surface area contributed by atoms with Gasteiger partial charge in [0, 0.05) is 26.2 Å². The molecule has 2 aromatic rings. The highest BCUT2D eigenvalue weighted by Gasteiger charge is 2.30. The van der Waals surface area contributed by atoms with Gasteiger partial charge in [0.05, 0.1) is 9.79 Å². The molecule has 0 aliphatic carbocycles. The average Bonchev–Trinajstić information content (AvgIpc) is 3.23. The van der Waals surface area contributed by atoms with E-state index in [1.165, 1.54) is 38.4 Å². The summed E-state index contributed by atoms with van der Waals surface area (Å²) >= 11 is 0. The minimum Gasteiger partial charge on any atom is -0.207 e. The second-order valence-electron chi connectivity index (χ2n) is 6.94. The smallest absolute Gasteiger partial charge is 0.207 e. The fraction of sp³-hybridized carbons (Fsp3) is 0.368. The molecule has 0 atom stereocenters. The third-order valence-corrected chi connectivity index (χ3v) is 9.03. The third kappa shape index (κ3) is 3.42. The second-order valence-corrected chi connectivity index (χ2v) is 10.8. The van der Waals surface area contributed by atoms with Crippen molar-refractivity contribution in [2.24, 2.45) is 0 Å². The Morgan fingerprint density at radius 1 is 0.630 bits per heavy atom. The van der Waals surface area contributed by atoms with E-state index in [2.05, 4.69) is 0 Å². The van der Waals surface area contributed by atoms with Gasteiger partial charge in [-0.1, -0.05) is 24.3 Å². The van der Waals surface area contributed by atoms with Gasteiger partial charge < -0.3 is 0 Å². The molecule has 2 aliphatic rings. The van der Waals surface area contributed by atoms with Crippen LogP contribution in [0.5, 0.6) is 0 Å². The third-order valence-electron chi connectivity index (χ3n) is 5.26. The first-order chi connectivity index (χ1) is 12.9. The fourth-order valence-corrected chi connectivity index (χ4v) is 6.62. The predicted octanol–water partition coefficient (Wildman–Crippen LogP) is 2.22. The normalized spacial score (nSPS) is 19.1. The number of rotatable bonds is 4. The molecule has 0 amide bonds. The Kier molecular flexibility index (Phi) is 4.84. The van der Waals surface area contributed by atoms with E-state index in [0.717, 1.165) is 18.4 Å². The summed E-state index contributed by atoms with van der Waals surface area (Å²) in [5.41, 5.74) is 2.19. The van der Waals surface area contributed by atoms with Crippen molar-refractivity contribution >= 4 is 20.0 Å². The van der Waals surface area contributed by atoms with E-state index in [1.54, 1.807) is 0 Å². The van der Waals surface area contributed by atoms with Crippen molar-refractivity contribution in [3.63, 3.8) is 0 Å². The molecule has 0 bridgehead atoms. The molecule has 2 heterocycles. The maximum Gasteiger partial charge on any atom is 0.243 e. The van der Waals surface area contributed by atoms with Gasteiger partial charge >= 0.3 is 0 Å². The van der Waals surface area contributed by atoms with Crippen molar-refractivity contribution in [3.05, 3.63) is 59.7 Å². The lowest BCUT2D eigenvalue weighted by Gasteiger charge is -2.28. The summed E-state index contributed by atoms with van der Waals surface area (Å²) in [7, 11) is -7.20. The number of nitrogens with zero attached hydrogens (tertiary/aromatic N) is 2. The van der Waals surface area contributed by atoms with Gasteiger partial charge in [-0.15, -0.1) is 0 Å². The summed E-state index contributed by atoms with van der Waals surface area (Å²) in [5, 5.41) is 0. The Morgan fingerprint density at radius 3 is 1.74 bits per heavy atom. The quantitative estimate of drug-likeness (QED) is 0.780. The van der Waals surface area contributed by atoms with Crippen LogP contribution in [0.25, 0.3) is 0 Å². The standard InChI is InChI=1S/C19H22N2O4S2/c22-26(23,20-12-3-4-13-20)18-7-9-19(10-8-18)27(24,25)21-14-11-16-5-1-2-6-17(16)15-21/h1-2,5-10H,3-4,11-15H2. The highest BCUT2D eigenvalue weighted by molar-refractivity contribution is 7.89. The molecule has 0 unspecified atom stereocenters. The maximum atomic E-state index is 13.0. The lowest BCUT2D eigenvalue weighted by Crippen LogP contribution is -2.36. The molecule has 1 fully saturated rings. The Hall–Kier alpha value is -1.74. The van der Waals surface area contributed by atoms with Gasteiger partial charge in [-0.05, 0) is 54.7 Å². The minimum atomic E-state index is -3.66. The summed E-state index contributed by atoms with van der Waals surface area (Å²) in [5.74, 6) is 0. The number of fused-ring (bicyclic) bond motifs is 1. The lowest BCUT2D eigenvalue weighted by atomic mass is 10.0. The maximum absolute atomic E-state index is 13.0. The summed E-state index contributed by atoms with van der Waals surface area (Å²) in [6.45, 7) is 1.81. The Labute approximate surface area is 160 Å². The van der Waals surface area contributed by atoms with Crippen LogP contribution in [0.4, 0.5) is 0 Å². The zero-order valence-electron chi connectivity index (χ0n) is 14.9. The first-order valence-electron chi connectivity index (χ1n) is 9.06. The molecule has 144 valence electrons. The fourth-order valence-electron chi connectivity index (χ4n) is 3.69. The van der Waals surface area contributed by atoms with Crippen LogP contribution in [0.15, 0.2) is 58.3 Å². The summed E-state index contributed by atoms with van der Waals surface area (Å²) in [4.78, 5) is 0.273. The molecule has 2 aliphatic heterocycles. The van der Waals surface area contributed by atoms with Gasteiger partial charge in [-0.2, -0.15) is 8.61 Å². The van der Waals surface area contributed by atoms with Crippen molar-refractivity contribution in [1.82, 2.24) is 8.61 Å². The van der Waals surface area contributed by atoms with Crippen molar-refractivity contribution in [1.29, 1.82) is 0 Å². The van der Waals surface area contributed by atoms with Crippen molar-refractivity contribution in [3.8, 4) is 0 Å². The summed E-state index contributed by atoms with van der Waals surface area (Å²) in [6.07, 6.45) is 2.40. The molecule has 1 saturated heterocycles. The largest absolute Gasteiger partial charge is 0.243 e. The highest BCUT2D eigenvalue weighted by atomic mass is 32.2. The molecule has 0 radical (unpaired) electrons. The molecule has 27 heavy (non-hydrogen) atoms. The van der Waals surface area contributed by atoms with Crippen LogP contribution in [0.1, 0.15) is 24.0 Å². The first kappa shape index (κ1) is 18.6. The van der Waals surface area contributed by atoms with Crippen LogP contribution in [0.3, 0.4) is 0 Å². The molecular formula is C19H22N2O4S2. The van der Waals surface area contributed by atoms with Gasteiger partial charge in [-0.25, -0.2) is 16.8 Å². The highest BCUT2D eigenvalue weighted by Crippen LogP contribution is 2.27. The molecule has 2 aromatic carbocycles. The van der Waals surface area contributed by atoms with E-state index in [9.17, 15) is 16.8 Å². The van der Waals surface area contributed by atoms with E-state index in [1.807, 2.05) is 24.3 Å². The lowest BCUT2D eigenvalue weighted by molar-refractivity contribution is 0.391. The first-order valence-corrected chi connectivity index (χ1v) is 11.9. The van der Waals surface area contributed by atoms with E-state index in [0.29, 0.717) is 32.6 Å². The molecular weight excluding hydrogens is 384 g/mol. The Balaban J connectivity index is 1.58. The van der Waals surface area contributed by atoms with Gasteiger partial charge in [-0.3, -0.25) is 0 Å². The SMILES string of the molecule is O=S(=O)(c1ccc(S(=O)(=O)N2CCc3ccccc3C2)cc1)N1CCCC1. The van der Waals surface area contributed by atoms with E-state index in [4.69, 9.17) is 0 Å². The average molecular weight is 407 g/mol. The van der Waals surface area contributed by atoms with E-state index >= 15 is 0 Å². The number of hydrogen-bond donors (Lipinski definition) is 0. The zero-order valence-corrected chi connectivity index (χ0v) is 16.5. The molecule has 4 rings (SSSR count). The summed E-state index contributed by atoms with van der Waals surface area (Å²) in [6, 6.07) is 13.4. The van der Waals surface area contributed by atoms with Crippen LogP contribution < -0.4 is 0 Å². The second kappa shape index (κ2) is 7.01. The van der Waals surface area contributed by atoms with Gasteiger partial charge in [0.2, 0.25) is 20.0 Å². The van der Waals surface area contributed by atoms with E-state index in [-0.39, 0.29) is 9.79 Å². The molecule has 0 aromatic heterocycles. The van der Waals surface area contributed by atoms with Crippen molar-refractivity contribution in [2.45, 2.75) is 35.6 Å². The monoisotopic (exact) mass is 406 g/mol. The van der Waals surface area contributed by atoms with Crippen molar-refractivity contribution < 1.29 is 16.8 Å². The molecule has 0 N–H and O–H groups in total. The van der Waals surface area contributed by atoms with E-state index < -0.39 is 20.0 Å². The molecule has 0 saturated carbocycles. The zero-order chi connectivity index (χ0) is 19.1. The van der Waals surface area contributed by atoms with Crippen molar-refractivity contribution in [2.75, 3.05) is 19.6 Å². The van der Waals surface area contributed by atoms with Gasteiger partial charge in [0.25, 0.3) is 0 Å². The molecule has 6 nitrogen and oxygen atoms in total. The number of benzene rings is 2. The Morgan fingerprint density at radius 2 is 1.15 bits per heavy atom. The Bertz CT molecular complexity index is 1040. The van der Waals surface area contributed by atoms with Crippen LogP contribution >= 0.6 is 0 Å². The number of hydrogen-bond acceptors (Lipinski definition) is 4. The molecule has 0 spiro atoms. The van der Waals surface area contributed by atoms with Gasteiger partial charge in [0.1, 0.15) is 0 Å². The van der Waals surface area contributed by atoms with Crippen LogP contribution in [-0.2, 0) is 33.0 Å². The minimum absolute atomic E-state index is 0.127. The predicted molar refractivity (Wildman–Crippen MR) is 102 cm³/mol. The van der Waals surface area contributed by atoms with Crippen LogP contribution in [-0.4, -0.2) is 45.1 Å². The van der Waals surface area contributed by atoms with Gasteiger partial charge in [0.15, 0.2) is 0 Å². The number of sulfonamides is 2.